The lowest BCUT2D eigenvalue weighted by atomic mass is 10.1. The number of hydrogen-bond acceptors (Lipinski definition) is 2. The zero-order valence-electron chi connectivity index (χ0n) is 9.96. The molecule has 0 bridgehead atoms. The summed E-state index contributed by atoms with van der Waals surface area (Å²) in [5, 5.41) is 2.89. The van der Waals surface area contributed by atoms with Crippen molar-refractivity contribution >= 4 is 24.0 Å². The molecular formula is C12H19ClN2O. The average Bonchev–Trinajstić information content (AvgIpc) is 2.11. The van der Waals surface area contributed by atoms with Crippen molar-refractivity contribution in [2.24, 2.45) is 5.73 Å². The zero-order valence-corrected chi connectivity index (χ0v) is 10.8. The molecule has 1 rings (SSSR count). The van der Waals surface area contributed by atoms with E-state index in [-0.39, 0.29) is 18.3 Å². The third kappa shape index (κ3) is 3.83. The number of hydrogen-bond donors (Lipinski definition) is 2. The van der Waals surface area contributed by atoms with Crippen LogP contribution in [0.4, 0.5) is 5.69 Å². The number of nitrogens with two attached hydrogens (primary N) is 1. The first-order valence-electron chi connectivity index (χ1n) is 5.12. The van der Waals surface area contributed by atoms with Crippen LogP contribution >= 0.6 is 12.4 Å². The van der Waals surface area contributed by atoms with Crippen LogP contribution in [0.5, 0.6) is 0 Å². The summed E-state index contributed by atoms with van der Waals surface area (Å²) in [6, 6.07) is 4.12. The molecule has 3 nitrogen and oxygen atoms in total. The minimum Gasteiger partial charge on any atom is -0.330 e. The fraction of sp³-hybridized carbons (Fsp3) is 0.417. The summed E-state index contributed by atoms with van der Waals surface area (Å²) in [6.45, 7) is 6.43. The van der Waals surface area contributed by atoms with E-state index in [1.807, 2.05) is 20.8 Å². The van der Waals surface area contributed by atoms with Crippen LogP contribution in [0.1, 0.15) is 23.1 Å². The van der Waals surface area contributed by atoms with E-state index < -0.39 is 0 Å². The smallest absolute Gasteiger partial charge is 0.225 e. The Morgan fingerprint density at radius 3 is 2.19 bits per heavy atom. The van der Waals surface area contributed by atoms with Crippen molar-refractivity contribution in [2.75, 3.05) is 11.9 Å². The normalized spacial score (nSPS) is 9.50. The predicted octanol–water partition coefficient (Wildman–Crippen LogP) is 2.32. The van der Waals surface area contributed by atoms with Gasteiger partial charge in [0, 0.05) is 18.7 Å². The Hall–Kier alpha value is -1.06. The lowest BCUT2D eigenvalue weighted by Gasteiger charge is -2.12. The summed E-state index contributed by atoms with van der Waals surface area (Å²) in [7, 11) is 0. The lowest BCUT2D eigenvalue weighted by Crippen LogP contribution is -2.17. The first kappa shape index (κ1) is 14.9. The Morgan fingerprint density at radius 2 is 1.75 bits per heavy atom. The summed E-state index contributed by atoms with van der Waals surface area (Å²) in [6.07, 6.45) is 0.368. The summed E-state index contributed by atoms with van der Waals surface area (Å²) >= 11 is 0. The van der Waals surface area contributed by atoms with Gasteiger partial charge in [-0.15, -0.1) is 12.4 Å². The van der Waals surface area contributed by atoms with E-state index >= 15 is 0 Å². The second-order valence-corrected chi connectivity index (χ2v) is 3.86. The molecule has 0 heterocycles. The topological polar surface area (TPSA) is 55.1 Å². The molecule has 0 aliphatic carbocycles. The monoisotopic (exact) mass is 242 g/mol. The van der Waals surface area contributed by atoms with E-state index in [4.69, 9.17) is 5.73 Å². The molecular weight excluding hydrogens is 224 g/mol. The lowest BCUT2D eigenvalue weighted by molar-refractivity contribution is -0.116. The van der Waals surface area contributed by atoms with Crippen LogP contribution in [0.3, 0.4) is 0 Å². The summed E-state index contributed by atoms with van der Waals surface area (Å²) in [5.41, 5.74) is 9.64. The van der Waals surface area contributed by atoms with Gasteiger partial charge in [0.15, 0.2) is 0 Å². The van der Waals surface area contributed by atoms with Crippen LogP contribution in [0, 0.1) is 20.8 Å². The van der Waals surface area contributed by atoms with Crippen molar-refractivity contribution in [3.63, 3.8) is 0 Å². The molecule has 0 atom stereocenters. The van der Waals surface area contributed by atoms with Gasteiger partial charge in [-0.1, -0.05) is 17.7 Å². The van der Waals surface area contributed by atoms with E-state index in [9.17, 15) is 4.79 Å². The van der Waals surface area contributed by atoms with Gasteiger partial charge in [0.2, 0.25) is 5.91 Å². The highest BCUT2D eigenvalue weighted by molar-refractivity contribution is 5.92. The molecule has 0 saturated carbocycles. The first-order chi connectivity index (χ1) is 7.04. The number of aryl methyl sites for hydroxylation is 3. The van der Waals surface area contributed by atoms with Gasteiger partial charge in [-0.05, 0) is 31.9 Å². The van der Waals surface area contributed by atoms with Gasteiger partial charge in [-0.3, -0.25) is 4.79 Å². The number of carbonyl (C=O) groups is 1. The average molecular weight is 243 g/mol. The van der Waals surface area contributed by atoms with Gasteiger partial charge in [-0.2, -0.15) is 0 Å². The van der Waals surface area contributed by atoms with Gasteiger partial charge in [0.25, 0.3) is 0 Å². The number of amides is 1. The molecule has 0 unspecified atom stereocenters. The molecule has 0 aliphatic rings. The highest BCUT2D eigenvalue weighted by Gasteiger charge is 2.06. The standard InChI is InChI=1S/C12H18N2O.ClH/c1-8-6-9(2)12(10(3)7-8)14-11(15)4-5-13;/h6-7H,4-5,13H2,1-3H3,(H,14,15);1H. The molecule has 0 fully saturated rings. The maximum absolute atomic E-state index is 11.4. The Balaban J connectivity index is 0.00000225. The highest BCUT2D eigenvalue weighted by Crippen LogP contribution is 2.21. The number of halogens is 1. The van der Waals surface area contributed by atoms with Gasteiger partial charge < -0.3 is 11.1 Å². The number of nitrogens with one attached hydrogen (secondary N) is 1. The van der Waals surface area contributed by atoms with Crippen LogP contribution in [0.2, 0.25) is 0 Å². The third-order valence-corrected chi connectivity index (χ3v) is 2.31. The summed E-state index contributed by atoms with van der Waals surface area (Å²) in [5.74, 6) is -0.0208. The highest BCUT2D eigenvalue weighted by atomic mass is 35.5. The van der Waals surface area contributed by atoms with Crippen LogP contribution in [-0.2, 0) is 4.79 Å². The number of anilines is 1. The Labute approximate surface area is 103 Å². The molecule has 1 amide bonds. The molecule has 0 saturated heterocycles. The Kier molecular flexibility index (Phi) is 6.08. The van der Waals surface area contributed by atoms with E-state index in [0.29, 0.717) is 13.0 Å². The van der Waals surface area contributed by atoms with E-state index in [2.05, 4.69) is 17.4 Å². The van der Waals surface area contributed by atoms with Crippen LogP contribution < -0.4 is 11.1 Å². The molecule has 0 radical (unpaired) electrons. The van der Waals surface area contributed by atoms with Crippen molar-refractivity contribution in [3.05, 3.63) is 28.8 Å². The van der Waals surface area contributed by atoms with Gasteiger partial charge in [0.05, 0.1) is 0 Å². The minimum atomic E-state index is -0.0208. The van der Waals surface area contributed by atoms with Crippen molar-refractivity contribution in [3.8, 4) is 0 Å². The van der Waals surface area contributed by atoms with Crippen LogP contribution in [-0.4, -0.2) is 12.5 Å². The van der Waals surface area contributed by atoms with Gasteiger partial charge >= 0.3 is 0 Å². The zero-order chi connectivity index (χ0) is 11.4. The molecule has 3 N–H and O–H groups in total. The van der Waals surface area contributed by atoms with Gasteiger partial charge in [0.1, 0.15) is 0 Å². The Morgan fingerprint density at radius 1 is 1.25 bits per heavy atom. The summed E-state index contributed by atoms with van der Waals surface area (Å²) in [4.78, 5) is 11.4. The second kappa shape index (κ2) is 6.51. The maximum atomic E-state index is 11.4. The van der Waals surface area contributed by atoms with Crippen molar-refractivity contribution in [2.45, 2.75) is 27.2 Å². The molecule has 16 heavy (non-hydrogen) atoms. The third-order valence-electron chi connectivity index (χ3n) is 2.31. The van der Waals surface area contributed by atoms with Gasteiger partial charge in [-0.25, -0.2) is 0 Å². The molecule has 4 heteroatoms. The summed E-state index contributed by atoms with van der Waals surface area (Å²) < 4.78 is 0. The van der Waals surface area contributed by atoms with E-state index in [0.717, 1.165) is 16.8 Å². The molecule has 0 spiro atoms. The van der Waals surface area contributed by atoms with E-state index in [1.165, 1.54) is 5.56 Å². The predicted molar refractivity (Wildman–Crippen MR) is 70.2 cm³/mol. The largest absolute Gasteiger partial charge is 0.330 e. The van der Waals surface area contributed by atoms with Crippen molar-refractivity contribution in [1.82, 2.24) is 0 Å². The molecule has 1 aromatic carbocycles. The van der Waals surface area contributed by atoms with Crippen LogP contribution in [0.15, 0.2) is 12.1 Å². The second-order valence-electron chi connectivity index (χ2n) is 3.86. The van der Waals surface area contributed by atoms with E-state index in [1.54, 1.807) is 0 Å². The SMILES string of the molecule is Cc1cc(C)c(NC(=O)CCN)c(C)c1.Cl. The van der Waals surface area contributed by atoms with Crippen molar-refractivity contribution < 1.29 is 4.79 Å². The number of carbonyl (C=O) groups excluding carboxylic acids is 1. The van der Waals surface area contributed by atoms with Crippen molar-refractivity contribution in [1.29, 1.82) is 0 Å². The number of rotatable bonds is 3. The fourth-order valence-corrected chi connectivity index (χ4v) is 1.71. The fourth-order valence-electron chi connectivity index (χ4n) is 1.71. The quantitative estimate of drug-likeness (QED) is 0.855. The number of benzene rings is 1. The first-order valence-corrected chi connectivity index (χ1v) is 5.12. The minimum absolute atomic E-state index is 0. The molecule has 90 valence electrons. The van der Waals surface area contributed by atoms with Crippen LogP contribution in [0.25, 0.3) is 0 Å². The molecule has 1 aromatic rings. The molecule has 0 aliphatic heterocycles. The Bertz CT molecular complexity index is 354. The molecule has 0 aromatic heterocycles. The maximum Gasteiger partial charge on any atom is 0.225 e.